The van der Waals surface area contributed by atoms with Crippen LogP contribution in [0.2, 0.25) is 0 Å². The van der Waals surface area contributed by atoms with Crippen LogP contribution in [0.1, 0.15) is 22.5 Å². The van der Waals surface area contributed by atoms with Gasteiger partial charge in [-0.2, -0.15) is 0 Å². The van der Waals surface area contributed by atoms with Crippen molar-refractivity contribution in [2.24, 2.45) is 0 Å². The summed E-state index contributed by atoms with van der Waals surface area (Å²) in [6, 6.07) is 21.2. The SMILES string of the molecule is COC(=O)C(Cc1cnc[nH]1)NC(=O)COc1c(Cc2ccc3ccccc3c2OCC(=O)NC(Cc2cnc[nH]2)C(=O)OC)ccc2ccccc12. The molecule has 2 aromatic heterocycles. The van der Waals surface area contributed by atoms with Crippen molar-refractivity contribution in [3.05, 3.63) is 120 Å². The van der Waals surface area contributed by atoms with Gasteiger partial charge in [-0.25, -0.2) is 19.6 Å². The molecule has 0 saturated carbocycles. The van der Waals surface area contributed by atoms with Crippen LogP contribution in [0.3, 0.4) is 0 Å². The summed E-state index contributed by atoms with van der Waals surface area (Å²) in [5.74, 6) is -1.27. The fourth-order valence-electron chi connectivity index (χ4n) is 6.05. The van der Waals surface area contributed by atoms with E-state index in [9.17, 15) is 19.2 Å². The van der Waals surface area contributed by atoms with E-state index in [2.05, 4.69) is 30.6 Å². The number of H-pyrrole nitrogens is 2. The van der Waals surface area contributed by atoms with Crippen LogP contribution in [0.5, 0.6) is 11.5 Å². The molecule has 0 fully saturated rings. The molecule has 0 aliphatic rings. The molecule has 53 heavy (non-hydrogen) atoms. The van der Waals surface area contributed by atoms with E-state index in [0.29, 0.717) is 29.3 Å². The largest absolute Gasteiger partial charge is 0.483 e. The maximum Gasteiger partial charge on any atom is 0.328 e. The second-order valence-corrected chi connectivity index (χ2v) is 12.2. The molecule has 4 N–H and O–H groups in total. The molecule has 272 valence electrons. The molecule has 0 aliphatic heterocycles. The number of esters is 2. The van der Waals surface area contributed by atoms with Crippen molar-refractivity contribution in [1.29, 1.82) is 0 Å². The van der Waals surface area contributed by atoms with E-state index in [1.54, 1.807) is 12.4 Å². The Morgan fingerprint density at radius 2 is 1.06 bits per heavy atom. The standard InChI is InChI=1S/C39H38N6O8/c1-50-38(48)32(16-28-18-40-22-42-28)44-34(46)20-52-36-26(13-11-24-7-3-5-9-30(24)36)15-27-14-12-25-8-4-6-10-31(25)37(27)53-21-35(47)45-33(39(49)51-2)17-29-19-41-23-43-29/h3-14,18-19,22-23,32-33H,15-17,20-21H2,1-2H3,(H,40,42)(H,41,43)(H,44,46)(H,45,47). The van der Waals surface area contributed by atoms with Crippen LogP contribution in [-0.4, -0.2) is 83.2 Å². The topological polar surface area (TPSA) is 187 Å². The maximum absolute atomic E-state index is 13.2. The first-order valence-electron chi connectivity index (χ1n) is 16.8. The number of methoxy groups -OCH3 is 2. The molecule has 2 unspecified atom stereocenters. The summed E-state index contributed by atoms with van der Waals surface area (Å²) < 4.78 is 22.3. The molecule has 0 bridgehead atoms. The number of aromatic nitrogens is 4. The number of fused-ring (bicyclic) bond motifs is 2. The third kappa shape index (κ3) is 8.97. The van der Waals surface area contributed by atoms with Crippen LogP contribution in [0.25, 0.3) is 21.5 Å². The number of amides is 2. The van der Waals surface area contributed by atoms with E-state index in [1.807, 2.05) is 72.8 Å². The van der Waals surface area contributed by atoms with E-state index in [1.165, 1.54) is 26.9 Å². The monoisotopic (exact) mass is 718 g/mol. The summed E-state index contributed by atoms with van der Waals surface area (Å²) in [6.07, 6.45) is 6.76. The van der Waals surface area contributed by atoms with Crippen molar-refractivity contribution < 1.29 is 38.1 Å². The van der Waals surface area contributed by atoms with Crippen molar-refractivity contribution in [1.82, 2.24) is 30.6 Å². The normalized spacial score (nSPS) is 12.1. The Morgan fingerprint density at radius 1 is 0.623 bits per heavy atom. The van der Waals surface area contributed by atoms with Crippen molar-refractivity contribution in [2.75, 3.05) is 27.4 Å². The number of nitrogens with one attached hydrogen (secondary N) is 4. The second kappa shape index (κ2) is 17.0. The highest BCUT2D eigenvalue weighted by molar-refractivity contribution is 5.93. The van der Waals surface area contributed by atoms with Crippen LogP contribution >= 0.6 is 0 Å². The number of ether oxygens (including phenoxy) is 4. The van der Waals surface area contributed by atoms with Crippen molar-refractivity contribution in [3.63, 3.8) is 0 Å². The number of carbonyl (C=O) groups excluding carboxylic acids is 4. The summed E-state index contributed by atoms with van der Waals surface area (Å²) in [6.45, 7) is -0.753. The minimum Gasteiger partial charge on any atom is -0.483 e. The molecule has 2 atom stereocenters. The van der Waals surface area contributed by atoms with Gasteiger partial charge >= 0.3 is 11.9 Å². The molecular weight excluding hydrogens is 680 g/mol. The number of hydrogen-bond donors (Lipinski definition) is 4. The number of imidazole rings is 2. The van der Waals surface area contributed by atoms with Crippen LogP contribution in [0.15, 0.2) is 97.8 Å². The first-order chi connectivity index (χ1) is 25.8. The van der Waals surface area contributed by atoms with Crippen molar-refractivity contribution in [3.8, 4) is 11.5 Å². The van der Waals surface area contributed by atoms with Crippen molar-refractivity contribution in [2.45, 2.75) is 31.3 Å². The lowest BCUT2D eigenvalue weighted by Crippen LogP contribution is -2.45. The zero-order valence-corrected chi connectivity index (χ0v) is 29.1. The Hall–Kier alpha value is -6.70. The molecule has 4 aromatic carbocycles. The van der Waals surface area contributed by atoms with E-state index in [-0.39, 0.29) is 26.1 Å². The summed E-state index contributed by atoms with van der Waals surface area (Å²) >= 11 is 0. The van der Waals surface area contributed by atoms with Crippen molar-refractivity contribution >= 4 is 45.3 Å². The summed E-state index contributed by atoms with van der Waals surface area (Å²) in [5.41, 5.74) is 2.82. The molecule has 0 spiro atoms. The highest BCUT2D eigenvalue weighted by Crippen LogP contribution is 2.36. The average molecular weight is 719 g/mol. The molecule has 0 aliphatic carbocycles. The third-order valence-corrected chi connectivity index (χ3v) is 8.60. The van der Waals surface area contributed by atoms with Gasteiger partial charge in [0, 0.05) is 53.8 Å². The van der Waals surface area contributed by atoms with Gasteiger partial charge in [0.25, 0.3) is 11.8 Å². The molecule has 14 heteroatoms. The van der Waals surface area contributed by atoms with Gasteiger partial charge in [0.15, 0.2) is 13.2 Å². The number of hydrogen-bond acceptors (Lipinski definition) is 10. The third-order valence-electron chi connectivity index (χ3n) is 8.60. The number of carbonyl (C=O) groups is 4. The number of aromatic amines is 2. The lowest BCUT2D eigenvalue weighted by Gasteiger charge is -2.19. The molecule has 2 heterocycles. The molecule has 0 radical (unpaired) electrons. The van der Waals surface area contributed by atoms with Gasteiger partial charge in [0.05, 0.1) is 26.9 Å². The summed E-state index contributed by atoms with van der Waals surface area (Å²) in [7, 11) is 2.51. The second-order valence-electron chi connectivity index (χ2n) is 12.2. The Bertz CT molecular complexity index is 2050. The Morgan fingerprint density at radius 3 is 1.45 bits per heavy atom. The van der Waals surface area contributed by atoms with Crippen LogP contribution < -0.4 is 20.1 Å². The molecule has 6 aromatic rings. The predicted molar refractivity (Wildman–Crippen MR) is 194 cm³/mol. The smallest absolute Gasteiger partial charge is 0.328 e. The maximum atomic E-state index is 13.2. The average Bonchev–Trinajstić information content (AvgIpc) is 3.90. The van der Waals surface area contributed by atoms with E-state index in [0.717, 1.165) is 32.7 Å². The highest BCUT2D eigenvalue weighted by atomic mass is 16.5. The van der Waals surface area contributed by atoms with E-state index < -0.39 is 35.8 Å². The van der Waals surface area contributed by atoms with Gasteiger partial charge < -0.3 is 39.5 Å². The molecule has 6 rings (SSSR count). The Balaban J connectivity index is 1.23. The number of nitrogens with zero attached hydrogens (tertiary/aromatic N) is 2. The zero-order chi connectivity index (χ0) is 37.2. The van der Waals surface area contributed by atoms with Gasteiger partial charge in [-0.15, -0.1) is 0 Å². The minimum absolute atomic E-state index is 0.161. The molecule has 0 saturated heterocycles. The van der Waals surface area contributed by atoms with Crippen LogP contribution in [-0.2, 0) is 47.9 Å². The van der Waals surface area contributed by atoms with Gasteiger partial charge in [0.1, 0.15) is 23.6 Å². The Kier molecular flexibility index (Phi) is 11.6. The molecular formula is C39H38N6O8. The van der Waals surface area contributed by atoms with E-state index >= 15 is 0 Å². The van der Waals surface area contributed by atoms with E-state index in [4.69, 9.17) is 18.9 Å². The number of rotatable bonds is 16. The highest BCUT2D eigenvalue weighted by Gasteiger charge is 2.25. The first kappa shape index (κ1) is 36.1. The fourth-order valence-corrected chi connectivity index (χ4v) is 6.05. The van der Waals surface area contributed by atoms with Gasteiger partial charge in [-0.3, -0.25) is 9.59 Å². The Labute approximate surface area is 304 Å². The van der Waals surface area contributed by atoms with Crippen LogP contribution in [0.4, 0.5) is 0 Å². The predicted octanol–water partition coefficient (Wildman–Crippen LogP) is 3.59. The lowest BCUT2D eigenvalue weighted by atomic mass is 9.97. The quantitative estimate of drug-likeness (QED) is 0.108. The summed E-state index contributed by atoms with van der Waals surface area (Å²) in [4.78, 5) is 65.2. The minimum atomic E-state index is -0.952. The lowest BCUT2D eigenvalue weighted by molar-refractivity contribution is -0.145. The first-order valence-corrected chi connectivity index (χ1v) is 16.8. The molecule has 2 amide bonds. The van der Waals surface area contributed by atoms with Crippen LogP contribution in [0, 0.1) is 0 Å². The zero-order valence-electron chi connectivity index (χ0n) is 29.1. The molecule has 14 nitrogen and oxygen atoms in total. The number of benzene rings is 4. The summed E-state index contributed by atoms with van der Waals surface area (Å²) in [5, 5.41) is 8.79. The van der Waals surface area contributed by atoms with Gasteiger partial charge in [-0.1, -0.05) is 72.8 Å². The van der Waals surface area contributed by atoms with Gasteiger partial charge in [-0.05, 0) is 21.9 Å². The fraction of sp³-hybridized carbons (Fsp3) is 0.231. The van der Waals surface area contributed by atoms with Gasteiger partial charge in [0.2, 0.25) is 0 Å².